The van der Waals surface area contributed by atoms with Gasteiger partial charge in [0.2, 0.25) is 0 Å². The van der Waals surface area contributed by atoms with Crippen molar-refractivity contribution in [2.45, 2.75) is 0 Å². The molecule has 0 atom stereocenters. The van der Waals surface area contributed by atoms with Crippen molar-refractivity contribution in [3.8, 4) is 0 Å². The Kier molecular flexibility index (Phi) is 4.68. The van der Waals surface area contributed by atoms with Gasteiger partial charge in [0, 0.05) is 11.3 Å². The highest BCUT2D eigenvalue weighted by atomic mass is 32.4. The molecule has 152 valence electrons. The van der Waals surface area contributed by atoms with Crippen LogP contribution in [0.2, 0.25) is 0 Å². The number of fused-ring (bicyclic) bond motifs is 6. The van der Waals surface area contributed by atoms with Crippen LogP contribution in [0, 0.1) is 0 Å². The summed E-state index contributed by atoms with van der Waals surface area (Å²) in [6.45, 7) is 0. The summed E-state index contributed by atoms with van der Waals surface area (Å²) in [5.41, 5.74) is 0. The van der Waals surface area contributed by atoms with Crippen LogP contribution in [-0.4, -0.2) is 0 Å². The maximum atomic E-state index is 6.73. The zero-order valence-corrected chi connectivity index (χ0v) is 19.2. The first-order valence-corrected chi connectivity index (χ1v) is 13.6. The molecule has 0 aliphatic heterocycles. The molecule has 0 bridgehead atoms. The second kappa shape index (κ2) is 7.71. The number of rotatable bonds is 3. The normalized spacial score (nSPS) is 11.9. The zero-order chi connectivity index (χ0) is 21.5. The highest BCUT2D eigenvalue weighted by Gasteiger charge is 2.27. The van der Waals surface area contributed by atoms with Gasteiger partial charge in [-0.25, -0.2) is 0 Å². The maximum absolute atomic E-state index is 6.73. The van der Waals surface area contributed by atoms with Crippen LogP contribution in [0.3, 0.4) is 0 Å². The molecule has 0 nitrogen and oxygen atoms in total. The Morgan fingerprint density at radius 1 is 0.375 bits per heavy atom. The zero-order valence-electron chi connectivity index (χ0n) is 17.5. The Morgan fingerprint density at radius 3 is 1.25 bits per heavy atom. The number of benzene rings is 6. The van der Waals surface area contributed by atoms with Crippen molar-refractivity contribution in [3.63, 3.8) is 0 Å². The van der Waals surface area contributed by atoms with Gasteiger partial charge in [-0.2, -0.15) is 0 Å². The topological polar surface area (TPSA) is 0 Å². The molecule has 0 spiro atoms. The van der Waals surface area contributed by atoms with Gasteiger partial charge in [0.1, 0.15) is 0 Å². The molecule has 32 heavy (non-hydrogen) atoms. The summed E-state index contributed by atoms with van der Waals surface area (Å²) in [5.74, 6) is 0. The summed E-state index contributed by atoms with van der Waals surface area (Å²) in [6, 6.07) is 43.3. The summed E-state index contributed by atoms with van der Waals surface area (Å²) >= 11 is 6.73. The van der Waals surface area contributed by atoms with E-state index in [0.717, 1.165) is 0 Å². The molecule has 0 saturated heterocycles. The minimum atomic E-state index is -2.27. The highest BCUT2D eigenvalue weighted by Crippen LogP contribution is 2.47. The molecule has 0 unspecified atom stereocenters. The Labute approximate surface area is 193 Å². The monoisotopic (exact) mass is 444 g/mol. The van der Waals surface area contributed by atoms with E-state index in [1.54, 1.807) is 0 Å². The maximum Gasteiger partial charge on any atom is 0.0385 e. The van der Waals surface area contributed by atoms with E-state index in [9.17, 15) is 0 Å². The van der Waals surface area contributed by atoms with Crippen molar-refractivity contribution in [2.24, 2.45) is 0 Å². The Hall–Kier alpha value is -3.25. The lowest BCUT2D eigenvalue weighted by atomic mass is 9.94. The predicted octanol–water partition coefficient (Wildman–Crippen LogP) is 6.90. The fraction of sp³-hybridized carbons (Fsp3) is 0. The van der Waals surface area contributed by atoms with E-state index in [2.05, 4.69) is 127 Å². The Bertz CT molecular complexity index is 1550. The summed E-state index contributed by atoms with van der Waals surface area (Å²) in [4.78, 5) is 0. The van der Waals surface area contributed by atoms with Crippen LogP contribution in [0.1, 0.15) is 0 Å². The number of hydrogen-bond donors (Lipinski definition) is 0. The summed E-state index contributed by atoms with van der Waals surface area (Å²) in [5, 5.41) is 11.4. The molecule has 0 heterocycles. The van der Waals surface area contributed by atoms with Gasteiger partial charge < -0.3 is 0 Å². The molecule has 0 amide bonds. The first-order chi connectivity index (χ1) is 15.8. The van der Waals surface area contributed by atoms with Crippen LogP contribution in [-0.2, 0) is 11.8 Å². The quantitative estimate of drug-likeness (QED) is 0.211. The van der Waals surface area contributed by atoms with Crippen LogP contribution < -0.4 is 15.9 Å². The molecular formula is C30H21PS. The third-order valence-electron chi connectivity index (χ3n) is 6.33. The van der Waals surface area contributed by atoms with Crippen molar-refractivity contribution < 1.29 is 0 Å². The van der Waals surface area contributed by atoms with Gasteiger partial charge in [-0.05, 0) is 42.9 Å². The largest absolute Gasteiger partial charge is 0.0826 e. The highest BCUT2D eigenvalue weighted by molar-refractivity contribution is 8.25. The van der Waals surface area contributed by atoms with Crippen molar-refractivity contribution in [1.29, 1.82) is 0 Å². The fourth-order valence-electron chi connectivity index (χ4n) is 4.90. The van der Waals surface area contributed by atoms with Crippen LogP contribution in [0.4, 0.5) is 0 Å². The molecule has 0 aromatic heterocycles. The third-order valence-corrected chi connectivity index (χ3v) is 11.3. The van der Waals surface area contributed by atoms with Gasteiger partial charge in [-0.1, -0.05) is 139 Å². The average Bonchev–Trinajstić information content (AvgIpc) is 2.89. The first kappa shape index (κ1) is 19.4. The lowest BCUT2D eigenvalue weighted by molar-refractivity contribution is 1.75. The van der Waals surface area contributed by atoms with Crippen LogP contribution in [0.25, 0.3) is 32.3 Å². The van der Waals surface area contributed by atoms with Gasteiger partial charge in [0.25, 0.3) is 0 Å². The van der Waals surface area contributed by atoms with E-state index >= 15 is 0 Å². The molecule has 0 aliphatic rings. The van der Waals surface area contributed by atoms with E-state index in [4.69, 9.17) is 11.8 Å². The SMILES string of the molecule is S=P(c1ccccc1)(c1ccccc1)c1cccc2c3ccccc3c3ccccc3c12. The molecule has 0 fully saturated rings. The summed E-state index contributed by atoms with van der Waals surface area (Å²) in [7, 11) is 0. The molecule has 2 heteroatoms. The predicted molar refractivity (Wildman–Crippen MR) is 145 cm³/mol. The van der Waals surface area contributed by atoms with E-state index in [1.807, 2.05) is 0 Å². The van der Waals surface area contributed by atoms with E-state index in [1.165, 1.54) is 48.2 Å². The molecule has 0 aliphatic carbocycles. The Morgan fingerprint density at radius 2 is 0.750 bits per heavy atom. The van der Waals surface area contributed by atoms with E-state index in [-0.39, 0.29) is 0 Å². The Balaban J connectivity index is 1.85. The van der Waals surface area contributed by atoms with Gasteiger partial charge in [0.05, 0.1) is 0 Å². The average molecular weight is 445 g/mol. The lowest BCUT2D eigenvalue weighted by Gasteiger charge is -2.26. The van der Waals surface area contributed by atoms with Crippen LogP contribution in [0.15, 0.2) is 127 Å². The van der Waals surface area contributed by atoms with Crippen molar-refractivity contribution >= 4 is 66.1 Å². The molecule has 0 radical (unpaired) electrons. The lowest BCUT2D eigenvalue weighted by Crippen LogP contribution is -2.25. The van der Waals surface area contributed by atoms with Crippen molar-refractivity contribution in [2.75, 3.05) is 0 Å². The molecule has 6 aromatic rings. The minimum absolute atomic E-state index is 1.23. The molecule has 0 saturated carbocycles. The van der Waals surface area contributed by atoms with Gasteiger partial charge in [-0.3, -0.25) is 0 Å². The fourth-order valence-corrected chi connectivity index (χ4v) is 8.98. The van der Waals surface area contributed by atoms with Gasteiger partial charge >= 0.3 is 0 Å². The first-order valence-electron chi connectivity index (χ1n) is 10.8. The smallest absolute Gasteiger partial charge is 0.0385 e. The van der Waals surface area contributed by atoms with Crippen LogP contribution >= 0.6 is 6.04 Å². The van der Waals surface area contributed by atoms with Crippen molar-refractivity contribution in [3.05, 3.63) is 127 Å². The third kappa shape index (κ3) is 2.86. The van der Waals surface area contributed by atoms with E-state index < -0.39 is 6.04 Å². The second-order valence-electron chi connectivity index (χ2n) is 8.07. The molecule has 6 aromatic carbocycles. The number of hydrogen-bond acceptors (Lipinski definition) is 1. The molecule has 0 N–H and O–H groups in total. The molecular weight excluding hydrogens is 423 g/mol. The van der Waals surface area contributed by atoms with E-state index in [0.29, 0.717) is 0 Å². The minimum Gasteiger partial charge on any atom is -0.0826 e. The van der Waals surface area contributed by atoms with Gasteiger partial charge in [0.15, 0.2) is 0 Å². The molecule has 6 rings (SSSR count). The second-order valence-corrected chi connectivity index (χ2v) is 12.4. The summed E-state index contributed by atoms with van der Waals surface area (Å²) < 4.78 is 0. The van der Waals surface area contributed by atoms with Gasteiger partial charge in [-0.15, -0.1) is 0 Å². The standard InChI is InChI=1S/C30H21PS/c32-31(22-12-3-1-4-13-22,23-14-5-2-6-15-23)29-21-11-20-28-26-17-8-7-16-24(26)25-18-9-10-19-27(25)30(28)29/h1-21H. The van der Waals surface area contributed by atoms with Crippen molar-refractivity contribution in [1.82, 2.24) is 0 Å². The van der Waals surface area contributed by atoms with Crippen LogP contribution in [0.5, 0.6) is 0 Å². The summed E-state index contributed by atoms with van der Waals surface area (Å²) in [6.07, 6.45) is 0.